The third kappa shape index (κ3) is 3.36. The van der Waals surface area contributed by atoms with E-state index in [2.05, 4.69) is 22.5 Å². The molecular weight excluding hydrogens is 258 g/mol. The summed E-state index contributed by atoms with van der Waals surface area (Å²) in [6, 6.07) is 4.28. The molecule has 0 radical (unpaired) electrons. The zero-order chi connectivity index (χ0) is 9.84. The molecule has 0 N–H and O–H groups in total. The summed E-state index contributed by atoms with van der Waals surface area (Å²) in [4.78, 5) is 0. The van der Waals surface area contributed by atoms with Crippen molar-refractivity contribution in [1.29, 1.82) is 0 Å². The van der Waals surface area contributed by atoms with E-state index in [1.54, 1.807) is 6.07 Å². The monoisotopic (exact) mass is 264 g/mol. The van der Waals surface area contributed by atoms with Crippen molar-refractivity contribution >= 4 is 27.5 Å². The maximum absolute atomic E-state index is 12.9. The van der Waals surface area contributed by atoms with Crippen molar-refractivity contribution in [2.45, 2.75) is 0 Å². The molecule has 70 valence electrons. The molecule has 0 saturated heterocycles. The second kappa shape index (κ2) is 4.63. The van der Waals surface area contributed by atoms with E-state index in [0.717, 1.165) is 0 Å². The first-order chi connectivity index (χ1) is 6.09. The van der Waals surface area contributed by atoms with Crippen LogP contribution in [-0.4, -0.2) is 6.61 Å². The zero-order valence-corrected chi connectivity index (χ0v) is 9.03. The molecule has 0 heterocycles. The molecule has 0 bridgehead atoms. The predicted octanol–water partition coefficient (Wildman–Crippen LogP) is 3.77. The minimum absolute atomic E-state index is 0.0880. The SMILES string of the molecule is C=C(Br)COc1ccc(Cl)c(F)c1. The van der Waals surface area contributed by atoms with Crippen LogP contribution in [0, 0.1) is 5.82 Å². The second-order valence-electron chi connectivity index (χ2n) is 2.38. The van der Waals surface area contributed by atoms with Gasteiger partial charge in [0.25, 0.3) is 0 Å². The highest BCUT2D eigenvalue weighted by Crippen LogP contribution is 2.20. The van der Waals surface area contributed by atoms with Gasteiger partial charge in [0, 0.05) is 10.5 Å². The summed E-state index contributed by atoms with van der Waals surface area (Å²) in [5.74, 6) is -0.0538. The van der Waals surface area contributed by atoms with Crippen LogP contribution in [0.4, 0.5) is 4.39 Å². The highest BCUT2D eigenvalue weighted by atomic mass is 79.9. The lowest BCUT2D eigenvalue weighted by Crippen LogP contribution is -1.96. The van der Waals surface area contributed by atoms with Crippen molar-refractivity contribution in [3.05, 3.63) is 40.1 Å². The number of hydrogen-bond donors (Lipinski definition) is 0. The smallest absolute Gasteiger partial charge is 0.145 e. The van der Waals surface area contributed by atoms with E-state index >= 15 is 0 Å². The van der Waals surface area contributed by atoms with Gasteiger partial charge in [0.2, 0.25) is 0 Å². The first kappa shape index (κ1) is 10.5. The lowest BCUT2D eigenvalue weighted by molar-refractivity contribution is 0.358. The first-order valence-electron chi connectivity index (χ1n) is 3.50. The van der Waals surface area contributed by atoms with Gasteiger partial charge in [0.05, 0.1) is 5.02 Å². The summed E-state index contributed by atoms with van der Waals surface area (Å²) >= 11 is 8.61. The van der Waals surface area contributed by atoms with Gasteiger partial charge in [-0.15, -0.1) is 0 Å². The third-order valence-corrected chi connectivity index (χ3v) is 1.82. The van der Waals surface area contributed by atoms with Crippen molar-refractivity contribution in [2.75, 3.05) is 6.61 Å². The van der Waals surface area contributed by atoms with Crippen LogP contribution < -0.4 is 4.74 Å². The Labute approximate surface area is 89.3 Å². The number of ether oxygens (including phenoxy) is 1. The summed E-state index contributed by atoms with van der Waals surface area (Å²) in [6.07, 6.45) is 0. The molecule has 0 aliphatic carbocycles. The molecule has 1 aromatic carbocycles. The van der Waals surface area contributed by atoms with Crippen LogP contribution in [0.1, 0.15) is 0 Å². The fourth-order valence-electron chi connectivity index (χ4n) is 0.728. The van der Waals surface area contributed by atoms with Crippen molar-refractivity contribution in [3.8, 4) is 5.75 Å². The van der Waals surface area contributed by atoms with E-state index in [4.69, 9.17) is 16.3 Å². The molecule has 0 atom stereocenters. The van der Waals surface area contributed by atoms with Crippen LogP contribution in [0.25, 0.3) is 0 Å². The molecule has 0 amide bonds. The average molecular weight is 266 g/mol. The van der Waals surface area contributed by atoms with E-state index in [0.29, 0.717) is 16.8 Å². The van der Waals surface area contributed by atoms with Crippen LogP contribution in [0.3, 0.4) is 0 Å². The molecule has 0 spiro atoms. The molecule has 13 heavy (non-hydrogen) atoms. The second-order valence-corrected chi connectivity index (χ2v) is 3.91. The van der Waals surface area contributed by atoms with Gasteiger partial charge < -0.3 is 4.74 Å². The molecule has 0 saturated carbocycles. The molecule has 1 rings (SSSR count). The highest BCUT2D eigenvalue weighted by Gasteiger charge is 2.01. The van der Waals surface area contributed by atoms with Gasteiger partial charge in [-0.2, -0.15) is 0 Å². The predicted molar refractivity (Wildman–Crippen MR) is 55.0 cm³/mol. The minimum atomic E-state index is -0.487. The van der Waals surface area contributed by atoms with Crippen LogP contribution in [0.5, 0.6) is 5.75 Å². The Kier molecular flexibility index (Phi) is 3.75. The van der Waals surface area contributed by atoms with Crippen LogP contribution in [0.15, 0.2) is 29.3 Å². The molecule has 0 unspecified atom stereocenters. The van der Waals surface area contributed by atoms with Crippen LogP contribution in [0.2, 0.25) is 5.02 Å². The van der Waals surface area contributed by atoms with Gasteiger partial charge in [-0.3, -0.25) is 0 Å². The first-order valence-corrected chi connectivity index (χ1v) is 4.68. The number of hydrogen-bond acceptors (Lipinski definition) is 1. The molecule has 4 heteroatoms. The third-order valence-electron chi connectivity index (χ3n) is 1.29. The Morgan fingerprint density at radius 3 is 2.85 bits per heavy atom. The summed E-state index contributed by atoms with van der Waals surface area (Å²) in [6.45, 7) is 3.89. The van der Waals surface area contributed by atoms with Gasteiger partial charge >= 0.3 is 0 Å². The standard InChI is InChI=1S/C9H7BrClFO/c1-6(10)5-13-7-2-3-8(11)9(12)4-7/h2-4H,1,5H2. The van der Waals surface area contributed by atoms with Crippen molar-refractivity contribution in [1.82, 2.24) is 0 Å². The Balaban J connectivity index is 2.68. The molecule has 0 aromatic heterocycles. The van der Waals surface area contributed by atoms with E-state index in [1.165, 1.54) is 12.1 Å². The van der Waals surface area contributed by atoms with Crippen LogP contribution in [-0.2, 0) is 0 Å². The normalized spacial score (nSPS) is 9.77. The molecule has 0 aliphatic heterocycles. The highest BCUT2D eigenvalue weighted by molar-refractivity contribution is 9.11. The fourth-order valence-corrected chi connectivity index (χ4v) is 0.960. The topological polar surface area (TPSA) is 9.23 Å². The fraction of sp³-hybridized carbons (Fsp3) is 0.111. The van der Waals surface area contributed by atoms with E-state index in [-0.39, 0.29) is 5.02 Å². The molecule has 1 aromatic rings. The lowest BCUT2D eigenvalue weighted by atomic mass is 10.3. The van der Waals surface area contributed by atoms with Crippen molar-refractivity contribution in [3.63, 3.8) is 0 Å². The van der Waals surface area contributed by atoms with E-state index in [9.17, 15) is 4.39 Å². The molecule has 1 nitrogen and oxygen atoms in total. The summed E-state index contributed by atoms with van der Waals surface area (Å²) in [5.41, 5.74) is 0. The molecule has 0 fully saturated rings. The van der Waals surface area contributed by atoms with Crippen molar-refractivity contribution in [2.24, 2.45) is 0 Å². The Hall–Kier alpha value is -0.540. The maximum Gasteiger partial charge on any atom is 0.145 e. The van der Waals surface area contributed by atoms with Gasteiger partial charge in [-0.05, 0) is 12.1 Å². The van der Waals surface area contributed by atoms with E-state index < -0.39 is 5.82 Å². The molecular formula is C9H7BrClFO. The summed E-state index contributed by atoms with van der Waals surface area (Å²) in [5, 5.41) is 0.0880. The lowest BCUT2D eigenvalue weighted by Gasteiger charge is -2.04. The minimum Gasteiger partial charge on any atom is -0.488 e. The average Bonchev–Trinajstić information content (AvgIpc) is 2.07. The summed E-state index contributed by atoms with van der Waals surface area (Å²) < 4.78 is 18.7. The van der Waals surface area contributed by atoms with Gasteiger partial charge in [0.15, 0.2) is 0 Å². The summed E-state index contributed by atoms with van der Waals surface area (Å²) in [7, 11) is 0. The number of benzene rings is 1. The maximum atomic E-state index is 12.9. The van der Waals surface area contributed by atoms with Gasteiger partial charge in [0.1, 0.15) is 18.2 Å². The zero-order valence-electron chi connectivity index (χ0n) is 6.69. The van der Waals surface area contributed by atoms with E-state index in [1.807, 2.05) is 0 Å². The van der Waals surface area contributed by atoms with Gasteiger partial charge in [-0.1, -0.05) is 34.1 Å². The Morgan fingerprint density at radius 1 is 1.62 bits per heavy atom. The largest absolute Gasteiger partial charge is 0.488 e. The van der Waals surface area contributed by atoms with Crippen LogP contribution >= 0.6 is 27.5 Å². The van der Waals surface area contributed by atoms with Gasteiger partial charge in [-0.25, -0.2) is 4.39 Å². The van der Waals surface area contributed by atoms with Crippen molar-refractivity contribution < 1.29 is 9.13 Å². The Morgan fingerprint density at radius 2 is 2.31 bits per heavy atom. The number of rotatable bonds is 3. The number of halogens is 3. The quantitative estimate of drug-likeness (QED) is 0.808. The Bertz CT molecular complexity index is 327. The molecule has 0 aliphatic rings.